The number of fused-ring (bicyclic) bond motifs is 1. The number of H-pyrrole nitrogens is 1. The molecule has 3 heterocycles. The van der Waals surface area contributed by atoms with Crippen molar-refractivity contribution in [3.63, 3.8) is 0 Å². The fourth-order valence-corrected chi connectivity index (χ4v) is 4.91. The second-order valence-electron chi connectivity index (χ2n) is 9.43. The Bertz CT molecular complexity index is 1600. The van der Waals surface area contributed by atoms with Gasteiger partial charge in [-0.05, 0) is 60.4 Å². The van der Waals surface area contributed by atoms with Crippen molar-refractivity contribution in [2.75, 3.05) is 11.9 Å². The minimum Gasteiger partial charge on any atom is -0.418 e. The maximum atomic E-state index is 13.0. The maximum absolute atomic E-state index is 13.0. The molecule has 0 saturated carbocycles. The summed E-state index contributed by atoms with van der Waals surface area (Å²) in [4.78, 5) is 29.5. The first-order valence-electron chi connectivity index (χ1n) is 12.6. The molecule has 2 amide bonds. The third-order valence-electron chi connectivity index (χ3n) is 6.74. The van der Waals surface area contributed by atoms with Crippen molar-refractivity contribution in [1.82, 2.24) is 20.1 Å². The zero-order valence-corrected chi connectivity index (χ0v) is 20.8. The average molecular weight is 505 g/mol. The molecular formula is C30H26N5O3. The Balaban J connectivity index is 1.20. The number of anilines is 1. The van der Waals surface area contributed by atoms with E-state index in [9.17, 15) is 9.59 Å². The first-order chi connectivity index (χ1) is 18.5. The van der Waals surface area contributed by atoms with Gasteiger partial charge in [-0.3, -0.25) is 9.59 Å². The molecule has 1 radical (unpaired) electrons. The molecule has 1 aliphatic rings. The number of aromatic nitrogens is 3. The first kappa shape index (κ1) is 23.7. The Labute approximate surface area is 219 Å². The monoisotopic (exact) mass is 504 g/mol. The molecule has 2 N–H and O–H groups in total. The summed E-state index contributed by atoms with van der Waals surface area (Å²) in [5, 5.41) is 12.4. The van der Waals surface area contributed by atoms with E-state index in [1.165, 1.54) is 6.92 Å². The molecule has 8 heteroatoms. The van der Waals surface area contributed by atoms with Crippen LogP contribution in [0.3, 0.4) is 0 Å². The van der Waals surface area contributed by atoms with E-state index in [0.717, 1.165) is 51.8 Å². The standard InChI is InChI=1S/C30H26N5O3/c1-19(36)31-24-12-9-21(10-13-24)26-18-23-17-22(11-14-25(23)32-26)29-33-34-30(38-29)27-8-5-15-35(27)28(37)16-20-6-3-2-4-7-20/h2-4,6-7,9-14,16-18,27,32H,5,8,15H2,1H3,(H,31,36)/t27-/m0/s1. The number of aromatic amines is 1. The van der Waals surface area contributed by atoms with Gasteiger partial charge in [0.1, 0.15) is 6.04 Å². The molecule has 0 aliphatic carbocycles. The smallest absolute Gasteiger partial charge is 0.247 e. The highest BCUT2D eigenvalue weighted by Gasteiger charge is 2.34. The number of nitrogens with one attached hydrogen (secondary N) is 2. The predicted molar refractivity (Wildman–Crippen MR) is 145 cm³/mol. The van der Waals surface area contributed by atoms with E-state index >= 15 is 0 Å². The van der Waals surface area contributed by atoms with Gasteiger partial charge in [-0.2, -0.15) is 0 Å². The van der Waals surface area contributed by atoms with Crippen LogP contribution in [0.15, 0.2) is 83.3 Å². The summed E-state index contributed by atoms with van der Waals surface area (Å²) in [6, 6.07) is 25.1. The summed E-state index contributed by atoms with van der Waals surface area (Å²) in [6.07, 6.45) is 3.33. The summed E-state index contributed by atoms with van der Waals surface area (Å²) < 4.78 is 6.09. The van der Waals surface area contributed by atoms with Crippen LogP contribution in [0, 0.1) is 6.42 Å². The zero-order valence-electron chi connectivity index (χ0n) is 20.8. The van der Waals surface area contributed by atoms with E-state index in [2.05, 4.69) is 26.6 Å². The lowest BCUT2D eigenvalue weighted by Crippen LogP contribution is -2.31. The fourth-order valence-electron chi connectivity index (χ4n) is 4.91. The van der Waals surface area contributed by atoms with Crippen molar-refractivity contribution >= 4 is 28.4 Å². The van der Waals surface area contributed by atoms with E-state index in [0.29, 0.717) is 18.3 Å². The van der Waals surface area contributed by atoms with E-state index in [1.807, 2.05) is 77.7 Å². The van der Waals surface area contributed by atoms with Gasteiger partial charge in [0, 0.05) is 41.3 Å². The Morgan fingerprint density at radius 1 is 1.00 bits per heavy atom. The quantitative estimate of drug-likeness (QED) is 0.306. The van der Waals surface area contributed by atoms with Gasteiger partial charge in [-0.1, -0.05) is 42.5 Å². The molecule has 1 aliphatic heterocycles. The number of benzene rings is 3. The molecule has 3 aromatic carbocycles. The number of carbonyl (C=O) groups is 2. The number of likely N-dealkylation sites (tertiary alicyclic amines) is 1. The zero-order chi connectivity index (χ0) is 26.1. The second kappa shape index (κ2) is 9.97. The Kier molecular flexibility index (Phi) is 6.21. The molecule has 189 valence electrons. The van der Waals surface area contributed by atoms with E-state index in [-0.39, 0.29) is 17.9 Å². The summed E-state index contributed by atoms with van der Waals surface area (Å²) in [7, 11) is 0. The van der Waals surface area contributed by atoms with Gasteiger partial charge in [-0.25, -0.2) is 0 Å². The lowest BCUT2D eigenvalue weighted by molar-refractivity contribution is -0.128. The molecular weight excluding hydrogens is 478 g/mol. The lowest BCUT2D eigenvalue weighted by atomic mass is 10.1. The van der Waals surface area contributed by atoms with Gasteiger partial charge in [0.15, 0.2) is 0 Å². The molecule has 8 nitrogen and oxygen atoms in total. The number of carbonyl (C=O) groups excluding carboxylic acids is 2. The largest absolute Gasteiger partial charge is 0.418 e. The molecule has 1 fully saturated rings. The SMILES string of the molecule is CC(=O)Nc1ccc(-c2cc3cc(-c4nnc([C@@H]5CCCN5C(=O)[CH]c5ccccc5)o4)ccc3[nH]2)cc1. The maximum Gasteiger partial charge on any atom is 0.247 e. The molecule has 1 atom stereocenters. The van der Waals surface area contributed by atoms with Crippen LogP contribution >= 0.6 is 0 Å². The van der Waals surface area contributed by atoms with Crippen molar-refractivity contribution in [2.45, 2.75) is 25.8 Å². The van der Waals surface area contributed by atoms with Crippen LogP contribution in [0.1, 0.15) is 37.3 Å². The van der Waals surface area contributed by atoms with Crippen LogP contribution in [-0.2, 0) is 9.59 Å². The highest BCUT2D eigenvalue weighted by atomic mass is 16.4. The Morgan fingerprint density at radius 3 is 2.58 bits per heavy atom. The van der Waals surface area contributed by atoms with E-state index < -0.39 is 0 Å². The summed E-state index contributed by atoms with van der Waals surface area (Å²) in [5.74, 6) is 0.736. The molecule has 6 rings (SSSR count). The lowest BCUT2D eigenvalue weighted by Gasteiger charge is -2.21. The topological polar surface area (TPSA) is 104 Å². The van der Waals surface area contributed by atoms with Crippen molar-refractivity contribution in [3.05, 3.63) is 96.7 Å². The minimum atomic E-state index is -0.230. The van der Waals surface area contributed by atoms with E-state index in [4.69, 9.17) is 4.42 Å². The van der Waals surface area contributed by atoms with Crippen molar-refractivity contribution in [2.24, 2.45) is 0 Å². The minimum absolute atomic E-state index is 0.0511. The summed E-state index contributed by atoms with van der Waals surface area (Å²) >= 11 is 0. The van der Waals surface area contributed by atoms with Gasteiger partial charge in [0.25, 0.3) is 0 Å². The van der Waals surface area contributed by atoms with Crippen LogP contribution in [0.2, 0.25) is 0 Å². The number of rotatable bonds is 6. The first-order valence-corrected chi connectivity index (χ1v) is 12.6. The molecule has 0 spiro atoms. The van der Waals surface area contributed by atoms with Crippen LogP contribution in [0.4, 0.5) is 5.69 Å². The van der Waals surface area contributed by atoms with Crippen LogP contribution < -0.4 is 5.32 Å². The summed E-state index contributed by atoms with van der Waals surface area (Å²) in [6.45, 7) is 2.15. The number of amides is 2. The number of nitrogens with zero attached hydrogens (tertiary/aromatic N) is 3. The van der Waals surface area contributed by atoms with Crippen molar-refractivity contribution in [3.8, 4) is 22.7 Å². The third kappa shape index (κ3) is 4.80. The molecule has 1 saturated heterocycles. The average Bonchev–Trinajstić information content (AvgIpc) is 3.68. The second-order valence-corrected chi connectivity index (χ2v) is 9.43. The third-order valence-corrected chi connectivity index (χ3v) is 6.74. The highest BCUT2D eigenvalue weighted by molar-refractivity contribution is 5.91. The van der Waals surface area contributed by atoms with Crippen LogP contribution in [0.5, 0.6) is 0 Å². The van der Waals surface area contributed by atoms with Gasteiger partial charge in [-0.15, -0.1) is 10.2 Å². The number of hydrogen-bond acceptors (Lipinski definition) is 5. The normalized spacial score (nSPS) is 15.2. The van der Waals surface area contributed by atoms with Crippen molar-refractivity contribution < 1.29 is 14.0 Å². The van der Waals surface area contributed by atoms with Crippen LogP contribution in [0.25, 0.3) is 33.6 Å². The predicted octanol–water partition coefficient (Wildman–Crippen LogP) is 5.76. The molecule has 2 aromatic heterocycles. The van der Waals surface area contributed by atoms with Crippen LogP contribution in [-0.4, -0.2) is 38.4 Å². The Morgan fingerprint density at radius 2 is 1.79 bits per heavy atom. The molecule has 0 bridgehead atoms. The highest BCUT2D eigenvalue weighted by Crippen LogP contribution is 2.34. The van der Waals surface area contributed by atoms with Gasteiger partial charge >= 0.3 is 0 Å². The summed E-state index contributed by atoms with van der Waals surface area (Å²) in [5.41, 5.74) is 5.40. The van der Waals surface area contributed by atoms with Gasteiger partial charge < -0.3 is 19.6 Å². The van der Waals surface area contributed by atoms with Gasteiger partial charge in [0.05, 0.1) is 6.42 Å². The molecule has 5 aromatic rings. The number of hydrogen-bond donors (Lipinski definition) is 2. The fraction of sp³-hybridized carbons (Fsp3) is 0.167. The molecule has 38 heavy (non-hydrogen) atoms. The van der Waals surface area contributed by atoms with E-state index in [1.54, 1.807) is 6.42 Å². The Hall–Kier alpha value is -4.72. The van der Waals surface area contributed by atoms with Gasteiger partial charge in [0.2, 0.25) is 23.6 Å². The van der Waals surface area contributed by atoms with Crippen molar-refractivity contribution in [1.29, 1.82) is 0 Å². The molecule has 0 unspecified atom stereocenters.